The fourth-order valence-corrected chi connectivity index (χ4v) is 6.08. The predicted molar refractivity (Wildman–Crippen MR) is 132 cm³/mol. The third-order valence-electron chi connectivity index (χ3n) is 5.91. The lowest BCUT2D eigenvalue weighted by atomic mass is 9.64. The molecule has 0 bridgehead atoms. The summed E-state index contributed by atoms with van der Waals surface area (Å²) in [5.41, 5.74) is 8.99. The number of rotatable bonds is 5. The van der Waals surface area contributed by atoms with E-state index in [0.717, 1.165) is 10.0 Å². The molecule has 32 heavy (non-hydrogen) atoms. The minimum atomic E-state index is -0.828. The molecule has 3 aromatic rings. The molecule has 0 saturated heterocycles. The zero-order valence-corrected chi connectivity index (χ0v) is 20.4. The van der Waals surface area contributed by atoms with E-state index in [9.17, 15) is 9.59 Å². The number of nitrogens with zero attached hydrogens (tertiary/aromatic N) is 1. The summed E-state index contributed by atoms with van der Waals surface area (Å²) in [6.07, 6.45) is 0. The molecule has 0 spiro atoms. The Bertz CT molecular complexity index is 1240. The van der Waals surface area contributed by atoms with E-state index in [0.29, 0.717) is 32.4 Å². The second-order valence-corrected chi connectivity index (χ2v) is 9.79. The molecule has 1 aliphatic heterocycles. The molecule has 7 heteroatoms. The van der Waals surface area contributed by atoms with Crippen LogP contribution in [-0.4, -0.2) is 24.1 Å². The predicted octanol–water partition coefficient (Wildman–Crippen LogP) is 5.92. The van der Waals surface area contributed by atoms with E-state index in [4.69, 9.17) is 15.5 Å². The number of ketones is 1. The van der Waals surface area contributed by atoms with Crippen molar-refractivity contribution in [3.63, 3.8) is 0 Å². The van der Waals surface area contributed by atoms with E-state index in [1.165, 1.54) is 11.3 Å². The summed E-state index contributed by atoms with van der Waals surface area (Å²) >= 11 is 4.69. The van der Waals surface area contributed by atoms with Crippen molar-refractivity contribution in [2.45, 2.75) is 26.2 Å². The van der Waals surface area contributed by atoms with Gasteiger partial charge in [0, 0.05) is 26.7 Å². The van der Waals surface area contributed by atoms with Gasteiger partial charge in [-0.05, 0) is 31.5 Å². The summed E-state index contributed by atoms with van der Waals surface area (Å²) < 4.78 is 6.24. The fraction of sp³-hybridized carbons (Fsp3) is 0.240. The van der Waals surface area contributed by atoms with Crippen molar-refractivity contribution in [3.8, 4) is 0 Å². The number of hydrogen-bond acceptors (Lipinski definition) is 6. The highest BCUT2D eigenvalue weighted by molar-refractivity contribution is 9.10. The Morgan fingerprint density at radius 2 is 1.91 bits per heavy atom. The van der Waals surface area contributed by atoms with Gasteiger partial charge >= 0.3 is 5.97 Å². The van der Waals surface area contributed by atoms with Crippen LogP contribution in [0.15, 0.2) is 64.1 Å². The van der Waals surface area contributed by atoms with Crippen LogP contribution in [0.1, 0.15) is 47.1 Å². The third-order valence-corrected chi connectivity index (χ3v) is 7.50. The van der Waals surface area contributed by atoms with E-state index in [1.54, 1.807) is 19.1 Å². The molecule has 164 valence electrons. The second kappa shape index (κ2) is 8.64. The highest BCUT2D eigenvalue weighted by Gasteiger charge is 2.50. The maximum atomic E-state index is 13.4. The quantitative estimate of drug-likeness (QED) is 0.341. The molecular weight excluding hydrogens is 488 g/mol. The van der Waals surface area contributed by atoms with Crippen molar-refractivity contribution in [2.75, 3.05) is 12.3 Å². The first-order chi connectivity index (χ1) is 15.3. The maximum absolute atomic E-state index is 13.4. The summed E-state index contributed by atoms with van der Waals surface area (Å²) in [7, 11) is 0. The number of halogens is 1. The minimum Gasteiger partial charge on any atom is -0.465 e. The molecule has 2 unspecified atom stereocenters. The molecule has 0 radical (unpaired) electrons. The van der Waals surface area contributed by atoms with Gasteiger partial charge in [-0.2, -0.15) is 0 Å². The molecule has 2 N–H and O–H groups in total. The molecule has 2 aromatic carbocycles. The normalized spacial score (nSPS) is 19.8. The van der Waals surface area contributed by atoms with E-state index < -0.39 is 11.3 Å². The standard InChI is InChI=1S/C25H23BrN2O3S/c1-4-31-24(30)18-14(2)28-23-19(25(18,3)16-10-6-5-7-11-16)20(27)22(32-23)21(29)15-9-8-12-17(26)13-15/h5-13,18H,4,27H2,1-3H3. The van der Waals surface area contributed by atoms with Gasteiger partial charge in [-0.15, -0.1) is 11.3 Å². The van der Waals surface area contributed by atoms with Crippen molar-refractivity contribution < 1.29 is 14.3 Å². The van der Waals surface area contributed by atoms with Crippen molar-refractivity contribution in [1.82, 2.24) is 0 Å². The van der Waals surface area contributed by atoms with Crippen LogP contribution in [0.4, 0.5) is 10.7 Å². The molecule has 2 atom stereocenters. The summed E-state index contributed by atoms with van der Waals surface area (Å²) in [6.45, 7) is 5.87. The minimum absolute atomic E-state index is 0.167. The van der Waals surface area contributed by atoms with Gasteiger partial charge in [0.15, 0.2) is 0 Å². The Hall–Kier alpha value is -2.77. The summed E-state index contributed by atoms with van der Waals surface area (Å²) in [5, 5.41) is 0.658. The SMILES string of the molecule is CCOC(=O)C1C(C)=Nc2sc(C(=O)c3cccc(Br)c3)c(N)c2C1(C)c1ccccc1. The largest absolute Gasteiger partial charge is 0.465 e. The molecule has 2 heterocycles. The van der Waals surface area contributed by atoms with E-state index in [2.05, 4.69) is 15.9 Å². The van der Waals surface area contributed by atoms with Crippen molar-refractivity contribution in [3.05, 3.63) is 80.6 Å². The lowest BCUT2D eigenvalue weighted by Gasteiger charge is -2.40. The average molecular weight is 511 g/mol. The van der Waals surface area contributed by atoms with Gasteiger partial charge in [-0.1, -0.05) is 65.3 Å². The van der Waals surface area contributed by atoms with Crippen LogP contribution in [-0.2, 0) is 14.9 Å². The number of hydrogen-bond donors (Lipinski definition) is 1. The molecule has 0 amide bonds. The number of esters is 1. The molecular formula is C25H23BrN2O3S. The lowest BCUT2D eigenvalue weighted by molar-refractivity contribution is -0.147. The Labute approximate surface area is 199 Å². The second-order valence-electron chi connectivity index (χ2n) is 7.87. The van der Waals surface area contributed by atoms with E-state index in [1.807, 2.05) is 56.3 Å². The van der Waals surface area contributed by atoms with Gasteiger partial charge in [0.05, 0.1) is 12.3 Å². The monoisotopic (exact) mass is 510 g/mol. The topological polar surface area (TPSA) is 81.8 Å². The number of carbonyl (C=O) groups is 2. The van der Waals surface area contributed by atoms with Gasteiger partial charge in [-0.25, -0.2) is 4.99 Å². The van der Waals surface area contributed by atoms with Gasteiger partial charge < -0.3 is 10.5 Å². The van der Waals surface area contributed by atoms with Gasteiger partial charge in [0.1, 0.15) is 15.8 Å². The molecule has 4 rings (SSSR count). The van der Waals surface area contributed by atoms with Crippen LogP contribution in [0.25, 0.3) is 0 Å². The number of ether oxygens (including phenoxy) is 1. The summed E-state index contributed by atoms with van der Waals surface area (Å²) in [6, 6.07) is 16.9. The average Bonchev–Trinajstić information content (AvgIpc) is 3.10. The highest BCUT2D eigenvalue weighted by Crippen LogP contribution is 2.54. The molecule has 1 aromatic heterocycles. The zero-order chi connectivity index (χ0) is 23.0. The summed E-state index contributed by atoms with van der Waals surface area (Å²) in [5.74, 6) is -1.17. The molecule has 0 fully saturated rings. The van der Waals surface area contributed by atoms with E-state index in [-0.39, 0.29) is 18.4 Å². The Balaban J connectivity index is 1.94. The van der Waals surface area contributed by atoms with Gasteiger partial charge in [0.25, 0.3) is 0 Å². The number of thiophene rings is 1. The Morgan fingerprint density at radius 1 is 1.19 bits per heavy atom. The lowest BCUT2D eigenvalue weighted by Crippen LogP contribution is -2.45. The van der Waals surface area contributed by atoms with Crippen LogP contribution in [0.2, 0.25) is 0 Å². The highest BCUT2D eigenvalue weighted by atomic mass is 79.9. The molecule has 1 aliphatic rings. The number of nitrogen functional groups attached to an aromatic ring is 1. The number of benzene rings is 2. The van der Waals surface area contributed by atoms with Gasteiger partial charge in [0.2, 0.25) is 5.78 Å². The zero-order valence-electron chi connectivity index (χ0n) is 18.0. The molecule has 0 saturated carbocycles. The number of nitrogens with two attached hydrogens (primary N) is 1. The third kappa shape index (κ3) is 3.59. The van der Waals surface area contributed by atoms with E-state index >= 15 is 0 Å². The number of anilines is 1. The number of fused-ring (bicyclic) bond motifs is 1. The van der Waals surface area contributed by atoms with Crippen molar-refractivity contribution >= 4 is 55.4 Å². The first-order valence-corrected chi connectivity index (χ1v) is 11.9. The van der Waals surface area contributed by atoms with Crippen molar-refractivity contribution in [2.24, 2.45) is 10.9 Å². The van der Waals surface area contributed by atoms with Crippen LogP contribution < -0.4 is 5.73 Å². The van der Waals surface area contributed by atoms with Crippen LogP contribution >= 0.6 is 27.3 Å². The molecule has 0 aliphatic carbocycles. The first-order valence-electron chi connectivity index (χ1n) is 10.3. The summed E-state index contributed by atoms with van der Waals surface area (Å²) in [4.78, 5) is 31.6. The number of carbonyl (C=O) groups excluding carboxylic acids is 2. The first kappa shape index (κ1) is 22.4. The Kier molecular flexibility index (Phi) is 6.05. The van der Waals surface area contributed by atoms with Crippen LogP contribution in [0, 0.1) is 5.92 Å². The van der Waals surface area contributed by atoms with Crippen LogP contribution in [0.3, 0.4) is 0 Å². The fourth-order valence-electron chi connectivity index (χ4n) is 4.46. The maximum Gasteiger partial charge on any atom is 0.315 e. The Morgan fingerprint density at radius 3 is 2.56 bits per heavy atom. The van der Waals surface area contributed by atoms with Crippen molar-refractivity contribution in [1.29, 1.82) is 0 Å². The van der Waals surface area contributed by atoms with Gasteiger partial charge in [-0.3, -0.25) is 9.59 Å². The number of aliphatic imine (C=N–C) groups is 1. The smallest absolute Gasteiger partial charge is 0.315 e. The van der Waals surface area contributed by atoms with Crippen LogP contribution in [0.5, 0.6) is 0 Å². The molecule has 5 nitrogen and oxygen atoms in total.